The number of carboxylic acids is 1. The molecule has 0 fully saturated rings. The summed E-state index contributed by atoms with van der Waals surface area (Å²) in [5, 5.41) is 8.80. The third kappa shape index (κ3) is 3.62. The van der Waals surface area contributed by atoms with Gasteiger partial charge < -0.3 is 9.84 Å². The molecule has 0 bridgehead atoms. The lowest BCUT2D eigenvalue weighted by Gasteiger charge is -2.18. The van der Waals surface area contributed by atoms with Crippen LogP contribution in [0.3, 0.4) is 0 Å². The standard InChI is InChI=1S/C10H8BrF3O3/c1-5(10(12,13)14)17-8-4-6(11)2-3-7(8)9(15)16/h2-5H,1H3,(H,15,16)/t5-/m0/s1. The summed E-state index contributed by atoms with van der Waals surface area (Å²) in [6.45, 7) is 0.812. The van der Waals surface area contributed by atoms with Gasteiger partial charge in [0, 0.05) is 4.47 Å². The van der Waals surface area contributed by atoms with Crippen molar-refractivity contribution >= 4 is 21.9 Å². The number of hydrogen-bond donors (Lipinski definition) is 1. The molecule has 0 heterocycles. The van der Waals surface area contributed by atoms with Gasteiger partial charge in [-0.3, -0.25) is 0 Å². The van der Waals surface area contributed by atoms with Gasteiger partial charge in [-0.2, -0.15) is 13.2 Å². The second-order valence-electron chi connectivity index (χ2n) is 3.25. The van der Waals surface area contributed by atoms with E-state index in [1.54, 1.807) is 0 Å². The molecule has 1 aromatic rings. The molecule has 0 amide bonds. The van der Waals surface area contributed by atoms with Crippen LogP contribution < -0.4 is 4.74 Å². The van der Waals surface area contributed by atoms with Crippen molar-refractivity contribution in [1.29, 1.82) is 0 Å². The zero-order valence-electron chi connectivity index (χ0n) is 8.58. The van der Waals surface area contributed by atoms with E-state index >= 15 is 0 Å². The quantitative estimate of drug-likeness (QED) is 0.929. The molecule has 0 spiro atoms. The Morgan fingerprint density at radius 3 is 2.53 bits per heavy atom. The smallest absolute Gasteiger partial charge is 0.425 e. The molecular weight excluding hydrogens is 305 g/mol. The molecule has 0 aliphatic heterocycles. The van der Waals surface area contributed by atoms with Crippen molar-refractivity contribution in [2.75, 3.05) is 0 Å². The van der Waals surface area contributed by atoms with Gasteiger partial charge in [0.15, 0.2) is 6.10 Å². The largest absolute Gasteiger partial charge is 0.480 e. The fourth-order valence-electron chi connectivity index (χ4n) is 1.03. The Bertz CT molecular complexity index is 431. The van der Waals surface area contributed by atoms with Gasteiger partial charge in [0.25, 0.3) is 0 Å². The average molecular weight is 313 g/mol. The number of hydrogen-bond acceptors (Lipinski definition) is 2. The Balaban J connectivity index is 3.04. The summed E-state index contributed by atoms with van der Waals surface area (Å²) >= 11 is 3.03. The maximum atomic E-state index is 12.3. The van der Waals surface area contributed by atoms with E-state index in [0.717, 1.165) is 6.92 Å². The van der Waals surface area contributed by atoms with E-state index in [-0.39, 0.29) is 11.3 Å². The van der Waals surface area contributed by atoms with Crippen LogP contribution in [0.15, 0.2) is 22.7 Å². The van der Waals surface area contributed by atoms with Crippen LogP contribution in [0.2, 0.25) is 0 Å². The van der Waals surface area contributed by atoms with Crippen molar-refractivity contribution in [1.82, 2.24) is 0 Å². The number of halogens is 4. The van der Waals surface area contributed by atoms with Crippen molar-refractivity contribution in [3.63, 3.8) is 0 Å². The molecule has 7 heteroatoms. The highest BCUT2D eigenvalue weighted by Crippen LogP contribution is 2.29. The van der Waals surface area contributed by atoms with Gasteiger partial charge in [0.1, 0.15) is 11.3 Å². The van der Waals surface area contributed by atoms with E-state index in [9.17, 15) is 18.0 Å². The molecule has 0 saturated carbocycles. The Hall–Kier alpha value is -1.24. The SMILES string of the molecule is C[C@H](Oc1cc(Br)ccc1C(=O)O)C(F)(F)F. The summed E-state index contributed by atoms with van der Waals surface area (Å²) in [5.74, 6) is -1.67. The fraction of sp³-hybridized carbons (Fsp3) is 0.300. The Labute approximate surface area is 103 Å². The third-order valence-electron chi connectivity index (χ3n) is 1.94. The van der Waals surface area contributed by atoms with Crippen LogP contribution in [0.1, 0.15) is 17.3 Å². The van der Waals surface area contributed by atoms with Gasteiger partial charge in [0.05, 0.1) is 0 Å². The Morgan fingerprint density at radius 2 is 2.06 bits per heavy atom. The second kappa shape index (κ2) is 4.95. The van der Waals surface area contributed by atoms with Gasteiger partial charge in [-0.05, 0) is 25.1 Å². The maximum absolute atomic E-state index is 12.3. The molecule has 1 rings (SSSR count). The topological polar surface area (TPSA) is 46.5 Å². The normalized spacial score (nSPS) is 13.2. The van der Waals surface area contributed by atoms with Crippen molar-refractivity contribution in [2.24, 2.45) is 0 Å². The molecule has 0 aromatic heterocycles. The molecule has 17 heavy (non-hydrogen) atoms. The molecular formula is C10H8BrF3O3. The van der Waals surface area contributed by atoms with E-state index in [1.165, 1.54) is 18.2 Å². The van der Waals surface area contributed by atoms with Gasteiger partial charge in [0.2, 0.25) is 0 Å². The van der Waals surface area contributed by atoms with Crippen LogP contribution in [-0.2, 0) is 0 Å². The van der Waals surface area contributed by atoms with Gasteiger partial charge in [-0.1, -0.05) is 15.9 Å². The van der Waals surface area contributed by atoms with Crippen LogP contribution in [-0.4, -0.2) is 23.4 Å². The fourth-order valence-corrected chi connectivity index (χ4v) is 1.37. The lowest BCUT2D eigenvalue weighted by Crippen LogP contribution is -2.31. The number of alkyl halides is 3. The number of benzene rings is 1. The highest BCUT2D eigenvalue weighted by molar-refractivity contribution is 9.10. The molecule has 0 radical (unpaired) electrons. The highest BCUT2D eigenvalue weighted by atomic mass is 79.9. The zero-order chi connectivity index (χ0) is 13.2. The molecule has 1 aromatic carbocycles. The monoisotopic (exact) mass is 312 g/mol. The minimum Gasteiger partial charge on any atom is -0.480 e. The van der Waals surface area contributed by atoms with Crippen molar-refractivity contribution in [2.45, 2.75) is 19.2 Å². The Morgan fingerprint density at radius 1 is 1.47 bits per heavy atom. The molecule has 94 valence electrons. The van der Waals surface area contributed by atoms with Crippen LogP contribution in [0.25, 0.3) is 0 Å². The second-order valence-corrected chi connectivity index (χ2v) is 4.16. The van der Waals surface area contributed by atoms with Crippen LogP contribution in [0.4, 0.5) is 13.2 Å². The molecule has 0 saturated heterocycles. The summed E-state index contributed by atoms with van der Waals surface area (Å²) in [6.07, 6.45) is -6.62. The predicted octanol–water partition coefficient (Wildman–Crippen LogP) is 3.48. The molecule has 1 N–H and O–H groups in total. The molecule has 0 aliphatic rings. The number of ether oxygens (including phenoxy) is 1. The van der Waals surface area contributed by atoms with E-state index < -0.39 is 18.2 Å². The van der Waals surface area contributed by atoms with E-state index in [0.29, 0.717) is 4.47 Å². The first-order chi connectivity index (χ1) is 7.71. The molecule has 3 nitrogen and oxygen atoms in total. The van der Waals surface area contributed by atoms with Crippen LogP contribution in [0, 0.1) is 0 Å². The zero-order valence-corrected chi connectivity index (χ0v) is 10.2. The van der Waals surface area contributed by atoms with Crippen LogP contribution in [0.5, 0.6) is 5.75 Å². The van der Waals surface area contributed by atoms with Gasteiger partial charge >= 0.3 is 12.1 Å². The molecule has 0 unspecified atom stereocenters. The number of rotatable bonds is 3. The van der Waals surface area contributed by atoms with Gasteiger partial charge in [-0.25, -0.2) is 4.79 Å². The summed E-state index contributed by atoms with van der Waals surface area (Å²) in [6, 6.07) is 3.77. The van der Waals surface area contributed by atoms with Crippen molar-refractivity contribution < 1.29 is 27.8 Å². The average Bonchev–Trinajstić information content (AvgIpc) is 2.15. The number of carbonyl (C=O) groups is 1. The van der Waals surface area contributed by atoms with Crippen molar-refractivity contribution in [3.8, 4) is 5.75 Å². The first-order valence-electron chi connectivity index (χ1n) is 4.48. The lowest BCUT2D eigenvalue weighted by molar-refractivity contribution is -0.189. The summed E-state index contributed by atoms with van der Waals surface area (Å²) in [5.41, 5.74) is -0.315. The van der Waals surface area contributed by atoms with E-state index in [1.807, 2.05) is 0 Å². The third-order valence-corrected chi connectivity index (χ3v) is 2.43. The van der Waals surface area contributed by atoms with Crippen LogP contribution >= 0.6 is 15.9 Å². The summed E-state index contributed by atoms with van der Waals surface area (Å²) in [4.78, 5) is 10.8. The maximum Gasteiger partial charge on any atom is 0.425 e. The Kier molecular flexibility index (Phi) is 4.03. The minimum absolute atomic E-state index is 0.315. The molecule has 1 atom stereocenters. The summed E-state index contributed by atoms with van der Waals surface area (Å²) < 4.78 is 41.9. The minimum atomic E-state index is -4.54. The first-order valence-corrected chi connectivity index (χ1v) is 5.27. The predicted molar refractivity (Wildman–Crippen MR) is 57.2 cm³/mol. The first kappa shape index (κ1) is 13.8. The van der Waals surface area contributed by atoms with E-state index in [2.05, 4.69) is 20.7 Å². The lowest BCUT2D eigenvalue weighted by atomic mass is 10.2. The number of aromatic carboxylic acids is 1. The number of carboxylic acid groups (broad SMARTS) is 1. The molecule has 0 aliphatic carbocycles. The van der Waals surface area contributed by atoms with Crippen molar-refractivity contribution in [3.05, 3.63) is 28.2 Å². The van der Waals surface area contributed by atoms with Gasteiger partial charge in [-0.15, -0.1) is 0 Å². The summed E-state index contributed by atoms with van der Waals surface area (Å²) in [7, 11) is 0. The van der Waals surface area contributed by atoms with E-state index in [4.69, 9.17) is 5.11 Å². The highest BCUT2D eigenvalue weighted by Gasteiger charge is 2.38.